The van der Waals surface area contributed by atoms with E-state index >= 15 is 0 Å². The minimum absolute atomic E-state index is 0.253. The van der Waals surface area contributed by atoms with Crippen molar-refractivity contribution in [3.05, 3.63) is 0 Å². The van der Waals surface area contributed by atoms with Gasteiger partial charge in [-0.3, -0.25) is 9.59 Å². The Kier molecular flexibility index (Phi) is 1.13. The SMILES string of the molecule is CC(=O)C12[C@@H]3C4C5[C@H]1[C@H]1O[C@@H]1[C@H]5C2(C(C)=O)[C@H]4[C@H]1O[C@H]13. The first kappa shape index (κ1) is 10.1. The summed E-state index contributed by atoms with van der Waals surface area (Å²) in [6.07, 6.45) is 1.13. The van der Waals surface area contributed by atoms with E-state index in [1.807, 2.05) is 0 Å². The van der Waals surface area contributed by atoms with Gasteiger partial charge in [-0.15, -0.1) is 0 Å². The van der Waals surface area contributed by atoms with E-state index in [2.05, 4.69) is 0 Å². The molecule has 4 heteroatoms. The van der Waals surface area contributed by atoms with Crippen molar-refractivity contribution < 1.29 is 19.1 Å². The minimum atomic E-state index is -0.418. The van der Waals surface area contributed by atoms with Gasteiger partial charge < -0.3 is 9.47 Å². The molecule has 2 aliphatic heterocycles. The zero-order valence-corrected chi connectivity index (χ0v) is 11.4. The van der Waals surface area contributed by atoms with E-state index in [4.69, 9.17) is 9.47 Å². The molecule has 4 unspecified atom stereocenters. The number of carbonyl (C=O) groups is 2. The summed E-state index contributed by atoms with van der Waals surface area (Å²) in [7, 11) is 0. The Morgan fingerprint density at radius 3 is 1.25 bits per heavy atom. The summed E-state index contributed by atoms with van der Waals surface area (Å²) in [6, 6.07) is 0. The van der Waals surface area contributed by atoms with Crippen molar-refractivity contribution in [2.75, 3.05) is 0 Å². The first-order valence-electron chi connectivity index (χ1n) is 7.92. The molecule has 104 valence electrons. The lowest BCUT2D eigenvalue weighted by Crippen LogP contribution is -2.61. The standard InChI is InChI=1S/C16H16O4/c1-3(17)15-7-5-6-8(15)12-14(20-12)10(6)16(15,4(2)18)9(5)13-11(7)19-13/h5-14H,1-2H3/t5?,6?,7-,8+,9-,10+,11-,12-,13+,14-,15?,16?/m1/s1. The molecule has 8 aliphatic rings. The molecular formula is C16H16O4. The van der Waals surface area contributed by atoms with Crippen LogP contribution >= 0.6 is 0 Å². The van der Waals surface area contributed by atoms with Gasteiger partial charge in [-0.1, -0.05) is 0 Å². The van der Waals surface area contributed by atoms with Gasteiger partial charge in [0.1, 0.15) is 11.6 Å². The van der Waals surface area contributed by atoms with Gasteiger partial charge in [-0.05, 0) is 25.7 Å². The molecule has 12 atom stereocenters. The number of ether oxygens (including phenoxy) is 2. The Morgan fingerprint density at radius 1 is 0.700 bits per heavy atom. The van der Waals surface area contributed by atoms with E-state index < -0.39 is 10.8 Å². The highest BCUT2D eigenvalue weighted by Crippen LogP contribution is 2.97. The van der Waals surface area contributed by atoms with Gasteiger partial charge in [0.2, 0.25) is 0 Å². The summed E-state index contributed by atoms with van der Waals surface area (Å²) in [5.74, 6) is 2.98. The van der Waals surface area contributed by atoms with Crippen molar-refractivity contribution in [1.82, 2.24) is 0 Å². The van der Waals surface area contributed by atoms with Crippen LogP contribution in [0.15, 0.2) is 0 Å². The first-order valence-corrected chi connectivity index (χ1v) is 7.92. The normalized spacial score (nSPS) is 77.9. The number of hydrogen-bond acceptors (Lipinski definition) is 4. The molecule has 0 aromatic rings. The lowest BCUT2D eigenvalue weighted by molar-refractivity contribution is -0.158. The van der Waals surface area contributed by atoms with Crippen LogP contribution < -0.4 is 0 Å². The van der Waals surface area contributed by atoms with E-state index in [9.17, 15) is 9.59 Å². The number of carbonyl (C=O) groups excluding carboxylic acids is 2. The van der Waals surface area contributed by atoms with Crippen LogP contribution in [0.5, 0.6) is 0 Å². The lowest BCUT2D eigenvalue weighted by Gasteiger charge is -2.50. The smallest absolute Gasteiger partial charge is 0.137 e. The second kappa shape index (κ2) is 2.24. The van der Waals surface area contributed by atoms with Crippen molar-refractivity contribution >= 4 is 11.6 Å². The summed E-state index contributed by atoms with van der Waals surface area (Å²) in [6.45, 7) is 3.46. The highest BCUT2D eigenvalue weighted by molar-refractivity contribution is 5.99. The maximum atomic E-state index is 12.8. The average molecular weight is 272 g/mol. The van der Waals surface area contributed by atoms with E-state index in [1.165, 1.54) is 0 Å². The largest absolute Gasteiger partial charge is 0.369 e. The van der Waals surface area contributed by atoms with Crippen LogP contribution in [0.2, 0.25) is 0 Å². The third-order valence-electron chi connectivity index (χ3n) is 8.59. The molecule has 0 aromatic carbocycles. The van der Waals surface area contributed by atoms with Crippen LogP contribution in [0.1, 0.15) is 13.8 Å². The third kappa shape index (κ3) is 0.536. The highest BCUT2D eigenvalue weighted by Gasteiger charge is 3.03. The molecule has 0 amide bonds. The topological polar surface area (TPSA) is 59.2 Å². The Morgan fingerprint density at radius 2 is 1.00 bits per heavy atom. The second-order valence-corrected chi connectivity index (χ2v) is 8.24. The zero-order chi connectivity index (χ0) is 13.3. The molecular weight excluding hydrogens is 256 g/mol. The molecule has 0 aromatic heterocycles. The molecule has 6 aliphatic carbocycles. The zero-order valence-electron chi connectivity index (χ0n) is 11.4. The first-order chi connectivity index (χ1) is 9.59. The summed E-state index contributed by atoms with van der Waals surface area (Å²) in [5.41, 5.74) is -0.836. The molecule has 8 rings (SSSR count). The number of epoxide rings is 2. The molecule has 8 bridgehead atoms. The molecule has 20 heavy (non-hydrogen) atoms. The average Bonchev–Trinajstić information content (AvgIpc) is 3.17. The van der Waals surface area contributed by atoms with Crippen LogP contribution in [0, 0.1) is 46.3 Å². The fourth-order valence-corrected chi connectivity index (χ4v) is 9.03. The van der Waals surface area contributed by atoms with Gasteiger partial charge in [0.05, 0.1) is 35.2 Å². The monoisotopic (exact) mass is 272 g/mol. The quantitative estimate of drug-likeness (QED) is 0.684. The van der Waals surface area contributed by atoms with Crippen molar-refractivity contribution in [3.8, 4) is 0 Å². The number of rotatable bonds is 2. The van der Waals surface area contributed by atoms with Gasteiger partial charge in [-0.2, -0.15) is 0 Å². The Balaban J connectivity index is 1.64. The molecule has 2 heterocycles. The van der Waals surface area contributed by atoms with Crippen molar-refractivity contribution in [3.63, 3.8) is 0 Å². The second-order valence-electron chi connectivity index (χ2n) is 8.24. The number of fused-ring (bicyclic) bond motifs is 2. The van der Waals surface area contributed by atoms with Crippen LogP contribution in [0.4, 0.5) is 0 Å². The van der Waals surface area contributed by atoms with E-state index in [1.54, 1.807) is 13.8 Å². The van der Waals surface area contributed by atoms with E-state index in [0.717, 1.165) is 0 Å². The third-order valence-corrected chi connectivity index (χ3v) is 8.59. The van der Waals surface area contributed by atoms with Gasteiger partial charge >= 0.3 is 0 Å². The van der Waals surface area contributed by atoms with Gasteiger partial charge in [0, 0.05) is 23.7 Å². The van der Waals surface area contributed by atoms with Gasteiger partial charge in [-0.25, -0.2) is 0 Å². The molecule has 6 saturated carbocycles. The van der Waals surface area contributed by atoms with Crippen molar-refractivity contribution in [2.45, 2.75) is 38.3 Å². The Bertz CT molecular complexity index is 565. The van der Waals surface area contributed by atoms with E-state index in [-0.39, 0.29) is 36.0 Å². The molecule has 0 radical (unpaired) electrons. The van der Waals surface area contributed by atoms with Gasteiger partial charge in [0.15, 0.2) is 0 Å². The Labute approximate surface area is 116 Å². The molecule has 8 fully saturated rings. The summed E-state index contributed by atoms with van der Waals surface area (Å²) in [4.78, 5) is 25.6. The lowest BCUT2D eigenvalue weighted by atomic mass is 9.47. The van der Waals surface area contributed by atoms with Crippen LogP contribution in [0.3, 0.4) is 0 Å². The fourth-order valence-electron chi connectivity index (χ4n) is 9.03. The number of hydrogen-bond donors (Lipinski definition) is 0. The van der Waals surface area contributed by atoms with Crippen LogP contribution in [-0.4, -0.2) is 36.0 Å². The molecule has 2 saturated heterocycles. The summed E-state index contributed by atoms with van der Waals surface area (Å²) < 4.78 is 11.8. The molecule has 0 spiro atoms. The van der Waals surface area contributed by atoms with Crippen molar-refractivity contribution in [2.24, 2.45) is 46.3 Å². The summed E-state index contributed by atoms with van der Waals surface area (Å²) in [5, 5.41) is 0. The molecule has 4 nitrogen and oxygen atoms in total. The van der Waals surface area contributed by atoms with E-state index in [0.29, 0.717) is 35.5 Å². The maximum Gasteiger partial charge on any atom is 0.137 e. The summed E-state index contributed by atoms with van der Waals surface area (Å²) >= 11 is 0. The fraction of sp³-hybridized carbons (Fsp3) is 0.875. The number of ketones is 2. The van der Waals surface area contributed by atoms with Crippen LogP contribution in [0.25, 0.3) is 0 Å². The predicted molar refractivity (Wildman–Crippen MR) is 64.5 cm³/mol. The minimum Gasteiger partial charge on any atom is -0.369 e. The van der Waals surface area contributed by atoms with Crippen molar-refractivity contribution in [1.29, 1.82) is 0 Å². The maximum absolute atomic E-state index is 12.8. The number of Topliss-reactive ketones (excluding diaryl/α,β-unsaturated/α-hetero) is 2. The molecule has 0 N–H and O–H groups in total. The predicted octanol–water partition coefficient (Wildman–Crippen LogP) is 0.437. The Hall–Kier alpha value is -0.740. The van der Waals surface area contributed by atoms with Gasteiger partial charge in [0.25, 0.3) is 0 Å². The van der Waals surface area contributed by atoms with Crippen LogP contribution in [-0.2, 0) is 19.1 Å². The highest BCUT2D eigenvalue weighted by atomic mass is 16.6.